The fourth-order valence-electron chi connectivity index (χ4n) is 1.85. The van der Waals surface area contributed by atoms with Gasteiger partial charge in [-0.1, -0.05) is 25.7 Å². The molecule has 102 valence electrons. The van der Waals surface area contributed by atoms with Gasteiger partial charge in [-0.3, -0.25) is 4.90 Å². The van der Waals surface area contributed by atoms with Crippen molar-refractivity contribution in [1.82, 2.24) is 4.90 Å². The number of hydrogen-bond acceptors (Lipinski definition) is 4. The maximum atomic E-state index is 8.71. The average molecular weight is 275 g/mol. The van der Waals surface area contributed by atoms with E-state index in [1.54, 1.807) is 11.3 Å². The Morgan fingerprint density at radius 1 is 1.42 bits per heavy atom. The van der Waals surface area contributed by atoms with Crippen LogP contribution in [0.3, 0.4) is 0 Å². The van der Waals surface area contributed by atoms with Crippen molar-refractivity contribution in [3.05, 3.63) is 21.9 Å². The van der Waals surface area contributed by atoms with Gasteiger partial charge >= 0.3 is 0 Å². The highest BCUT2D eigenvalue weighted by Crippen LogP contribution is 2.18. The third kappa shape index (κ3) is 6.40. The van der Waals surface area contributed by atoms with Gasteiger partial charge in [0.25, 0.3) is 0 Å². The molecule has 0 atom stereocenters. The van der Waals surface area contributed by atoms with Crippen LogP contribution < -0.4 is 5.73 Å². The highest BCUT2D eigenvalue weighted by Gasteiger charge is 2.09. The van der Waals surface area contributed by atoms with E-state index in [9.17, 15) is 0 Å². The molecule has 0 aromatic carbocycles. The van der Waals surface area contributed by atoms with Crippen LogP contribution in [-0.4, -0.2) is 24.5 Å². The third-order valence-corrected chi connectivity index (χ3v) is 3.50. The van der Waals surface area contributed by atoms with Gasteiger partial charge in [-0.25, -0.2) is 0 Å². The fraction of sp³-hybridized carbons (Fsp3) is 0.533. The van der Waals surface area contributed by atoms with E-state index in [0.717, 1.165) is 24.5 Å². The van der Waals surface area contributed by atoms with Gasteiger partial charge in [-0.05, 0) is 18.1 Å². The highest BCUT2D eigenvalue weighted by atomic mass is 32.1. The van der Waals surface area contributed by atoms with Crippen LogP contribution in [-0.2, 0) is 6.54 Å². The van der Waals surface area contributed by atoms with Crippen LogP contribution in [0.1, 0.15) is 30.0 Å². The van der Waals surface area contributed by atoms with Crippen molar-refractivity contribution in [2.45, 2.75) is 26.8 Å². The lowest BCUT2D eigenvalue weighted by molar-refractivity contribution is 0.243. The molecule has 1 rings (SSSR count). The summed E-state index contributed by atoms with van der Waals surface area (Å²) in [5.74, 6) is 6.53. The summed E-state index contributed by atoms with van der Waals surface area (Å²) < 4.78 is 0. The molecular formula is C15H21N3S. The number of thiophene rings is 1. The molecule has 0 saturated heterocycles. The normalized spacial score (nSPS) is 10.3. The van der Waals surface area contributed by atoms with Gasteiger partial charge in [0.15, 0.2) is 0 Å². The van der Waals surface area contributed by atoms with E-state index in [0.29, 0.717) is 18.9 Å². The summed E-state index contributed by atoms with van der Waals surface area (Å²) in [6.45, 7) is 7.54. The van der Waals surface area contributed by atoms with Gasteiger partial charge in [0.2, 0.25) is 0 Å². The summed E-state index contributed by atoms with van der Waals surface area (Å²) in [7, 11) is 0. The van der Waals surface area contributed by atoms with Gasteiger partial charge < -0.3 is 5.73 Å². The Morgan fingerprint density at radius 2 is 2.21 bits per heavy atom. The van der Waals surface area contributed by atoms with Crippen LogP contribution in [0.5, 0.6) is 0 Å². The first kappa shape index (κ1) is 15.7. The Hall–Kier alpha value is -1.33. The zero-order chi connectivity index (χ0) is 14.1. The molecule has 1 aromatic heterocycles. The van der Waals surface area contributed by atoms with Crippen LogP contribution in [0.2, 0.25) is 0 Å². The molecule has 2 N–H and O–H groups in total. The number of nitriles is 1. The van der Waals surface area contributed by atoms with E-state index >= 15 is 0 Å². The predicted molar refractivity (Wildman–Crippen MR) is 80.6 cm³/mol. The first-order chi connectivity index (χ1) is 9.15. The molecule has 1 aromatic rings. The molecule has 0 fully saturated rings. The van der Waals surface area contributed by atoms with Crippen molar-refractivity contribution < 1.29 is 0 Å². The number of nitrogens with two attached hydrogens (primary N) is 1. The monoisotopic (exact) mass is 275 g/mol. The van der Waals surface area contributed by atoms with Crippen LogP contribution >= 0.6 is 11.3 Å². The number of nitrogens with zero attached hydrogens (tertiary/aromatic N) is 2. The summed E-state index contributed by atoms with van der Waals surface area (Å²) in [5, 5.41) is 8.71. The smallest absolute Gasteiger partial charge is 0.0772 e. The molecule has 0 aliphatic rings. The Kier molecular flexibility index (Phi) is 7.22. The third-order valence-electron chi connectivity index (χ3n) is 2.52. The quantitative estimate of drug-likeness (QED) is 0.811. The lowest BCUT2D eigenvalue weighted by atomic mass is 10.2. The second kappa shape index (κ2) is 8.72. The first-order valence-electron chi connectivity index (χ1n) is 6.52. The molecule has 3 nitrogen and oxygen atoms in total. The summed E-state index contributed by atoms with van der Waals surface area (Å²) >= 11 is 1.71. The summed E-state index contributed by atoms with van der Waals surface area (Å²) in [5.41, 5.74) is 5.37. The van der Waals surface area contributed by atoms with Gasteiger partial charge in [0.1, 0.15) is 0 Å². The maximum Gasteiger partial charge on any atom is 0.0772 e. The highest BCUT2D eigenvalue weighted by molar-refractivity contribution is 7.12. The molecule has 0 radical (unpaired) electrons. The Morgan fingerprint density at radius 3 is 2.84 bits per heavy atom. The maximum absolute atomic E-state index is 8.71. The molecule has 0 spiro atoms. The molecule has 0 saturated carbocycles. The fourth-order valence-corrected chi connectivity index (χ4v) is 2.77. The lowest BCUT2D eigenvalue weighted by Crippen LogP contribution is -2.27. The minimum Gasteiger partial charge on any atom is -0.320 e. The topological polar surface area (TPSA) is 53.0 Å². The molecule has 0 unspecified atom stereocenters. The Labute approximate surface area is 120 Å². The van der Waals surface area contributed by atoms with E-state index in [4.69, 9.17) is 11.0 Å². The van der Waals surface area contributed by atoms with Crippen molar-refractivity contribution in [2.75, 3.05) is 19.6 Å². The molecule has 19 heavy (non-hydrogen) atoms. The summed E-state index contributed by atoms with van der Waals surface area (Å²) in [6, 6.07) is 6.37. The summed E-state index contributed by atoms with van der Waals surface area (Å²) in [4.78, 5) is 4.69. The Balaban J connectivity index is 2.62. The molecule has 0 amide bonds. The number of hydrogen-bond donors (Lipinski definition) is 1. The predicted octanol–water partition coefficient (Wildman–Crippen LogP) is 2.43. The van der Waals surface area contributed by atoms with Crippen molar-refractivity contribution in [2.24, 2.45) is 11.7 Å². The van der Waals surface area contributed by atoms with E-state index in [1.165, 1.54) is 4.88 Å². The van der Waals surface area contributed by atoms with Crippen LogP contribution in [0, 0.1) is 29.1 Å². The van der Waals surface area contributed by atoms with Gasteiger partial charge in [-0.15, -0.1) is 11.3 Å². The Bertz CT molecular complexity index is 474. The first-order valence-corrected chi connectivity index (χ1v) is 7.34. The minimum absolute atomic E-state index is 0.398. The van der Waals surface area contributed by atoms with E-state index < -0.39 is 0 Å². The van der Waals surface area contributed by atoms with Crippen molar-refractivity contribution in [3.8, 4) is 17.9 Å². The largest absolute Gasteiger partial charge is 0.320 e. The molecule has 1 heterocycles. The van der Waals surface area contributed by atoms with Crippen LogP contribution in [0.15, 0.2) is 12.1 Å². The number of rotatable bonds is 6. The van der Waals surface area contributed by atoms with Crippen LogP contribution in [0.4, 0.5) is 0 Å². The van der Waals surface area contributed by atoms with Gasteiger partial charge in [0, 0.05) is 30.9 Å². The molecular weight excluding hydrogens is 254 g/mol. The molecule has 0 bridgehead atoms. The van der Waals surface area contributed by atoms with Crippen LogP contribution in [0.25, 0.3) is 0 Å². The molecule has 4 heteroatoms. The zero-order valence-electron chi connectivity index (χ0n) is 11.6. The average Bonchev–Trinajstić information content (AvgIpc) is 2.80. The van der Waals surface area contributed by atoms with E-state index in [-0.39, 0.29) is 0 Å². The van der Waals surface area contributed by atoms with Crippen molar-refractivity contribution >= 4 is 11.3 Å². The second-order valence-corrected chi connectivity index (χ2v) is 5.98. The SMILES string of the molecule is CC(C)CN(CCC#N)Cc1ccc(C#CCN)s1. The summed E-state index contributed by atoms with van der Waals surface area (Å²) in [6.07, 6.45) is 0.581. The lowest BCUT2D eigenvalue weighted by Gasteiger charge is -2.22. The zero-order valence-corrected chi connectivity index (χ0v) is 12.5. The van der Waals surface area contributed by atoms with E-state index in [2.05, 4.69) is 42.7 Å². The second-order valence-electron chi connectivity index (χ2n) is 4.81. The van der Waals surface area contributed by atoms with E-state index in [1.807, 2.05) is 6.07 Å². The minimum atomic E-state index is 0.398. The molecule has 0 aliphatic heterocycles. The van der Waals surface area contributed by atoms with Gasteiger partial charge in [-0.2, -0.15) is 5.26 Å². The molecule has 0 aliphatic carbocycles. The standard InChI is InChI=1S/C15H21N3S/c1-13(2)11-18(10-4-9-17)12-15-7-6-14(19-15)5-3-8-16/h6-7,13H,4,8,10-12,16H2,1-2H3. The van der Waals surface area contributed by atoms with Gasteiger partial charge in [0.05, 0.1) is 17.5 Å². The van der Waals surface area contributed by atoms with Crippen molar-refractivity contribution in [1.29, 1.82) is 5.26 Å². The van der Waals surface area contributed by atoms with Crippen molar-refractivity contribution in [3.63, 3.8) is 0 Å².